The number of aryl methyl sites for hydroxylation is 1. The zero-order chi connectivity index (χ0) is 24.8. The summed E-state index contributed by atoms with van der Waals surface area (Å²) in [6.07, 6.45) is 0.768. The van der Waals surface area contributed by atoms with Gasteiger partial charge >= 0.3 is 0 Å². The normalized spacial score (nSPS) is 16.7. The smallest absolute Gasteiger partial charge is 0.264 e. The van der Waals surface area contributed by atoms with Crippen LogP contribution in [0.5, 0.6) is 0 Å². The Kier molecular flexibility index (Phi) is 6.48. The minimum absolute atomic E-state index is 0.00599. The second kappa shape index (κ2) is 8.94. The third kappa shape index (κ3) is 4.44. The lowest BCUT2D eigenvalue weighted by Gasteiger charge is -2.24. The lowest BCUT2D eigenvalue weighted by molar-refractivity contribution is 0.186. The Bertz CT molecular complexity index is 1310. The van der Waals surface area contributed by atoms with Gasteiger partial charge in [0.2, 0.25) is 0 Å². The quantitative estimate of drug-likeness (QED) is 0.479. The van der Waals surface area contributed by atoms with E-state index in [1.807, 2.05) is 11.5 Å². The van der Waals surface area contributed by atoms with Gasteiger partial charge in [0.1, 0.15) is 11.6 Å². The van der Waals surface area contributed by atoms with Crippen molar-refractivity contribution >= 4 is 27.3 Å². The summed E-state index contributed by atoms with van der Waals surface area (Å²) in [7, 11) is -2.60. The summed E-state index contributed by atoms with van der Waals surface area (Å²) in [5, 5.41) is 8.36. The monoisotopic (exact) mass is 506 g/mol. The van der Waals surface area contributed by atoms with Crippen molar-refractivity contribution in [2.75, 3.05) is 24.6 Å². The molecule has 0 saturated carbocycles. The van der Waals surface area contributed by atoms with E-state index in [2.05, 4.69) is 31.0 Å². The van der Waals surface area contributed by atoms with E-state index in [4.69, 9.17) is 16.3 Å². The first kappa shape index (κ1) is 24.6. The van der Waals surface area contributed by atoms with E-state index in [1.165, 1.54) is 13.1 Å². The van der Waals surface area contributed by atoms with Gasteiger partial charge in [0.05, 0.1) is 28.3 Å². The maximum Gasteiger partial charge on any atom is 0.264 e. The van der Waals surface area contributed by atoms with Gasteiger partial charge in [0, 0.05) is 25.3 Å². The van der Waals surface area contributed by atoms with Crippen LogP contribution in [0.15, 0.2) is 41.3 Å². The average Bonchev–Trinajstić information content (AvgIpc) is 3.43. The fourth-order valence-corrected chi connectivity index (χ4v) is 5.48. The van der Waals surface area contributed by atoms with Gasteiger partial charge in [-0.05, 0) is 42.5 Å². The van der Waals surface area contributed by atoms with E-state index >= 15 is 0 Å². The average molecular weight is 507 g/mol. The maximum atomic E-state index is 14.6. The lowest BCUT2D eigenvalue weighted by atomic mass is 9.87. The Balaban J connectivity index is 1.82. The number of rotatable bonds is 5. The number of nitrogens with zero attached hydrogens (tertiary/aromatic N) is 4. The fraction of sp³-hybridized carbons (Fsp3) is 0.417. The third-order valence-corrected chi connectivity index (χ3v) is 8.21. The molecule has 4 rings (SSSR count). The third-order valence-electron chi connectivity index (χ3n) is 6.13. The molecule has 1 aliphatic rings. The van der Waals surface area contributed by atoms with Crippen molar-refractivity contribution in [1.29, 1.82) is 0 Å². The zero-order valence-corrected chi connectivity index (χ0v) is 21.4. The van der Waals surface area contributed by atoms with Gasteiger partial charge in [0.25, 0.3) is 10.0 Å². The number of hydrogen-bond acceptors (Lipinski definition) is 5. The zero-order valence-electron chi connectivity index (χ0n) is 19.8. The topological polar surface area (TPSA) is 77.3 Å². The Morgan fingerprint density at radius 3 is 2.44 bits per heavy atom. The van der Waals surface area contributed by atoms with Gasteiger partial charge in [0.15, 0.2) is 5.82 Å². The molecule has 0 radical (unpaired) electrons. The molecule has 34 heavy (non-hydrogen) atoms. The molecule has 1 atom stereocenters. The summed E-state index contributed by atoms with van der Waals surface area (Å²) in [6, 6.07) is 9.25. The number of anilines is 1. The van der Waals surface area contributed by atoms with Crippen molar-refractivity contribution in [1.82, 2.24) is 14.8 Å². The van der Waals surface area contributed by atoms with Gasteiger partial charge in [-0.1, -0.05) is 44.5 Å². The highest BCUT2D eigenvalue weighted by atomic mass is 35.5. The summed E-state index contributed by atoms with van der Waals surface area (Å²) >= 11 is 6.13. The van der Waals surface area contributed by atoms with E-state index in [0.29, 0.717) is 30.4 Å². The Labute approximate surface area is 204 Å². The predicted octanol–water partition coefficient (Wildman–Crippen LogP) is 5.13. The number of hydrogen-bond donors (Lipinski definition) is 0. The van der Waals surface area contributed by atoms with Crippen molar-refractivity contribution in [2.24, 2.45) is 0 Å². The van der Waals surface area contributed by atoms with Crippen LogP contribution in [0.3, 0.4) is 0 Å². The molecule has 3 aromatic rings. The number of aromatic nitrogens is 3. The molecule has 1 aromatic heterocycles. The second-order valence-corrected chi connectivity index (χ2v) is 11.9. The lowest BCUT2D eigenvalue weighted by Crippen LogP contribution is -2.27. The van der Waals surface area contributed by atoms with Gasteiger partial charge < -0.3 is 9.30 Å². The number of sulfonamides is 1. The first-order valence-electron chi connectivity index (χ1n) is 11.0. The van der Waals surface area contributed by atoms with E-state index in [1.54, 1.807) is 24.3 Å². The van der Waals surface area contributed by atoms with Crippen molar-refractivity contribution < 1.29 is 17.5 Å². The van der Waals surface area contributed by atoms with Gasteiger partial charge in [-0.2, -0.15) is 0 Å². The summed E-state index contributed by atoms with van der Waals surface area (Å²) in [4.78, 5) is 0.103. The number of ether oxygens (including phenoxy) is 1. The van der Waals surface area contributed by atoms with Crippen LogP contribution in [-0.4, -0.2) is 43.4 Å². The minimum atomic E-state index is -4.00. The molecule has 0 N–H and O–H groups in total. The van der Waals surface area contributed by atoms with Crippen LogP contribution < -0.4 is 4.31 Å². The summed E-state index contributed by atoms with van der Waals surface area (Å²) < 4.78 is 50.1. The molecular weight excluding hydrogens is 479 g/mol. The summed E-state index contributed by atoms with van der Waals surface area (Å²) in [5.41, 5.74) is 1.38. The maximum absolute atomic E-state index is 14.6. The van der Waals surface area contributed by atoms with E-state index in [-0.39, 0.29) is 27.1 Å². The van der Waals surface area contributed by atoms with E-state index in [9.17, 15) is 12.8 Å². The molecule has 1 unspecified atom stereocenters. The highest BCUT2D eigenvalue weighted by molar-refractivity contribution is 7.92. The highest BCUT2D eigenvalue weighted by Gasteiger charge is 2.30. The van der Waals surface area contributed by atoms with Crippen LogP contribution in [0.25, 0.3) is 11.4 Å². The molecule has 0 spiro atoms. The van der Waals surface area contributed by atoms with Gasteiger partial charge in [-0.15, -0.1) is 10.2 Å². The highest BCUT2D eigenvalue weighted by Crippen LogP contribution is 2.38. The van der Waals surface area contributed by atoms with Crippen molar-refractivity contribution in [3.63, 3.8) is 0 Å². The number of halogens is 2. The van der Waals surface area contributed by atoms with E-state index in [0.717, 1.165) is 22.4 Å². The fourth-order valence-electron chi connectivity index (χ4n) is 4.11. The summed E-state index contributed by atoms with van der Waals surface area (Å²) in [5.74, 6) is 0.341. The van der Waals surface area contributed by atoms with Crippen molar-refractivity contribution in [3.8, 4) is 11.4 Å². The van der Waals surface area contributed by atoms with Gasteiger partial charge in [-0.3, -0.25) is 4.31 Å². The largest absolute Gasteiger partial charge is 0.379 e. The Morgan fingerprint density at radius 2 is 1.85 bits per heavy atom. The molecule has 1 saturated heterocycles. The molecular formula is C24H28ClFN4O3S. The Hall–Kier alpha value is -2.49. The number of benzene rings is 2. The first-order valence-corrected chi connectivity index (χ1v) is 12.8. The molecule has 1 aliphatic heterocycles. The Morgan fingerprint density at radius 1 is 1.18 bits per heavy atom. The van der Waals surface area contributed by atoms with Crippen LogP contribution in [0.1, 0.15) is 44.6 Å². The molecule has 2 aromatic carbocycles. The van der Waals surface area contributed by atoms with Crippen LogP contribution in [0.4, 0.5) is 10.1 Å². The molecule has 0 aliphatic carbocycles. The van der Waals surface area contributed by atoms with Crippen LogP contribution in [-0.2, 0) is 20.2 Å². The van der Waals surface area contributed by atoms with Gasteiger partial charge in [-0.25, -0.2) is 12.8 Å². The second-order valence-electron chi connectivity index (χ2n) is 9.49. The standard InChI is InChI=1S/C24H28ClFN4O3S/c1-15-27-28-23(30(15)17-10-11-33-14-17)19-12-20(25)21(26)13-22(19)29(5)34(31,32)18-8-6-16(7-9-18)24(2,3)4/h6-9,12-13,17H,10-11,14H2,1-5H3. The molecule has 0 bridgehead atoms. The molecule has 1 fully saturated rings. The molecule has 7 nitrogen and oxygen atoms in total. The minimum Gasteiger partial charge on any atom is -0.379 e. The summed E-state index contributed by atoms with van der Waals surface area (Å²) in [6.45, 7) is 9.08. The van der Waals surface area contributed by atoms with Crippen molar-refractivity contribution in [3.05, 3.63) is 58.6 Å². The van der Waals surface area contributed by atoms with Crippen LogP contribution in [0.2, 0.25) is 5.02 Å². The van der Waals surface area contributed by atoms with Crippen LogP contribution in [0, 0.1) is 12.7 Å². The first-order chi connectivity index (χ1) is 15.9. The molecule has 182 valence electrons. The van der Waals surface area contributed by atoms with E-state index < -0.39 is 15.8 Å². The molecule has 2 heterocycles. The van der Waals surface area contributed by atoms with Crippen LogP contribution >= 0.6 is 11.6 Å². The SMILES string of the molecule is Cc1nnc(-c2cc(Cl)c(F)cc2N(C)S(=O)(=O)c2ccc(C(C)(C)C)cc2)n1C1CCOC1. The van der Waals surface area contributed by atoms with Crippen molar-refractivity contribution in [2.45, 2.75) is 50.5 Å². The predicted molar refractivity (Wildman–Crippen MR) is 130 cm³/mol. The molecule has 10 heteroatoms. The molecule has 0 amide bonds.